The third-order valence-electron chi connectivity index (χ3n) is 2.24. The largest absolute Gasteiger partial charge is 0.842 e. The Morgan fingerprint density at radius 1 is 1.64 bits per heavy atom. The molecule has 0 N–H and O–H groups in total. The maximum atomic E-state index is 11.7. The van der Waals surface area contributed by atoms with Gasteiger partial charge in [-0.05, 0) is 13.8 Å². The summed E-state index contributed by atoms with van der Waals surface area (Å²) >= 11 is 1.40. The van der Waals surface area contributed by atoms with E-state index in [0.717, 1.165) is 0 Å². The molecule has 0 atom stereocenters. The monoisotopic (exact) mass is 210 g/mol. The second kappa shape index (κ2) is 3.09. The van der Waals surface area contributed by atoms with Crippen LogP contribution >= 0.6 is 11.3 Å². The molecule has 0 radical (unpaired) electrons. The molecule has 14 heavy (non-hydrogen) atoms. The standard InChI is InChI=1S/C9H10N2O2S/c1-3-10-7(12)6(2)8(13)11-4-5-14-9(10)11/h4-5H,3H2,1-2H3. The minimum Gasteiger partial charge on any atom is -0.842 e. The quantitative estimate of drug-likeness (QED) is 0.624. The van der Waals surface area contributed by atoms with Crippen LogP contribution in [0.15, 0.2) is 16.4 Å². The second-order valence-electron chi connectivity index (χ2n) is 3.04. The second-order valence-corrected chi connectivity index (χ2v) is 3.91. The molecule has 2 rings (SSSR count). The van der Waals surface area contributed by atoms with Crippen LogP contribution in [0.3, 0.4) is 0 Å². The zero-order valence-corrected chi connectivity index (χ0v) is 8.80. The molecule has 2 heterocycles. The van der Waals surface area contributed by atoms with Crippen molar-refractivity contribution >= 4 is 16.3 Å². The summed E-state index contributed by atoms with van der Waals surface area (Å²) in [5.74, 6) is -0.181. The Kier molecular flexibility index (Phi) is 2.03. The molecule has 0 spiro atoms. The van der Waals surface area contributed by atoms with Gasteiger partial charge in [0, 0.05) is 5.38 Å². The van der Waals surface area contributed by atoms with E-state index >= 15 is 0 Å². The van der Waals surface area contributed by atoms with Gasteiger partial charge in [-0.25, -0.2) is 9.36 Å². The highest BCUT2D eigenvalue weighted by Crippen LogP contribution is 2.09. The van der Waals surface area contributed by atoms with Crippen LogP contribution in [0, 0.1) is 6.92 Å². The van der Waals surface area contributed by atoms with Gasteiger partial charge in [0.1, 0.15) is 6.20 Å². The molecule has 74 valence electrons. The molecule has 0 saturated heterocycles. The molecule has 2 aromatic heterocycles. The van der Waals surface area contributed by atoms with Gasteiger partial charge >= 0.3 is 10.5 Å². The van der Waals surface area contributed by atoms with E-state index in [1.807, 2.05) is 12.3 Å². The van der Waals surface area contributed by atoms with Crippen molar-refractivity contribution in [3.8, 4) is 5.88 Å². The predicted molar refractivity (Wildman–Crippen MR) is 51.6 cm³/mol. The van der Waals surface area contributed by atoms with Crippen molar-refractivity contribution in [3.63, 3.8) is 0 Å². The number of fused-ring (bicyclic) bond motifs is 1. The first kappa shape index (κ1) is 9.21. The van der Waals surface area contributed by atoms with Crippen LogP contribution in [0.25, 0.3) is 4.96 Å². The maximum absolute atomic E-state index is 11.7. The van der Waals surface area contributed by atoms with Gasteiger partial charge in [0.25, 0.3) is 0 Å². The van der Waals surface area contributed by atoms with E-state index in [9.17, 15) is 9.90 Å². The van der Waals surface area contributed by atoms with Gasteiger partial charge < -0.3 is 5.11 Å². The Bertz CT molecular complexity index is 541. The number of aryl methyl sites for hydroxylation is 1. The molecule has 0 aliphatic carbocycles. The van der Waals surface area contributed by atoms with Crippen LogP contribution in [0.5, 0.6) is 5.88 Å². The SMILES string of the molecule is CC[n+]1c([O-])c(C)c(=O)n2ccsc21. The number of nitrogens with zero attached hydrogens (tertiary/aromatic N) is 2. The Morgan fingerprint density at radius 3 is 3.00 bits per heavy atom. The summed E-state index contributed by atoms with van der Waals surface area (Å²) in [4.78, 5) is 12.3. The fraction of sp³-hybridized carbons (Fsp3) is 0.333. The smallest absolute Gasteiger partial charge is 0.348 e. The lowest BCUT2D eigenvalue weighted by Crippen LogP contribution is -2.42. The highest BCUT2D eigenvalue weighted by molar-refractivity contribution is 7.14. The van der Waals surface area contributed by atoms with Crippen molar-refractivity contribution in [2.24, 2.45) is 0 Å². The normalized spacial score (nSPS) is 11.0. The summed E-state index contributed by atoms with van der Waals surface area (Å²) in [6, 6.07) is 0. The van der Waals surface area contributed by atoms with Gasteiger partial charge in [0.15, 0.2) is 0 Å². The summed E-state index contributed by atoms with van der Waals surface area (Å²) in [5.41, 5.74) is 0.0682. The molecule has 0 aliphatic rings. The Labute approximate surface area is 84.7 Å². The van der Waals surface area contributed by atoms with E-state index in [4.69, 9.17) is 0 Å². The van der Waals surface area contributed by atoms with Crippen LogP contribution in [0.2, 0.25) is 0 Å². The Hall–Kier alpha value is -1.36. The van der Waals surface area contributed by atoms with Gasteiger partial charge in [-0.15, -0.1) is 0 Å². The van der Waals surface area contributed by atoms with Gasteiger partial charge in [-0.2, -0.15) is 4.40 Å². The van der Waals surface area contributed by atoms with Crippen LogP contribution in [0.1, 0.15) is 12.5 Å². The minimum atomic E-state index is -0.212. The van der Waals surface area contributed by atoms with Crippen LogP contribution in [-0.2, 0) is 6.54 Å². The average molecular weight is 210 g/mol. The zero-order valence-electron chi connectivity index (χ0n) is 7.98. The van der Waals surface area contributed by atoms with Crippen molar-refractivity contribution in [2.75, 3.05) is 0 Å². The van der Waals surface area contributed by atoms with Crippen LogP contribution in [0.4, 0.5) is 0 Å². The molecular formula is C9H10N2O2S. The molecule has 0 unspecified atom stereocenters. The maximum Gasteiger partial charge on any atom is 0.348 e. The lowest BCUT2D eigenvalue weighted by atomic mass is 10.3. The number of aromatic nitrogens is 2. The first-order valence-electron chi connectivity index (χ1n) is 4.36. The van der Waals surface area contributed by atoms with Gasteiger partial charge in [0.05, 0.1) is 18.0 Å². The van der Waals surface area contributed by atoms with E-state index in [1.165, 1.54) is 15.7 Å². The van der Waals surface area contributed by atoms with Gasteiger partial charge in [-0.3, -0.25) is 0 Å². The summed E-state index contributed by atoms with van der Waals surface area (Å²) in [6.07, 6.45) is 1.70. The van der Waals surface area contributed by atoms with Crippen molar-refractivity contribution in [1.82, 2.24) is 4.40 Å². The summed E-state index contributed by atoms with van der Waals surface area (Å²) in [5, 5.41) is 13.5. The topological polar surface area (TPSA) is 48.4 Å². The molecule has 0 aromatic carbocycles. The van der Waals surface area contributed by atoms with Crippen molar-refractivity contribution in [2.45, 2.75) is 20.4 Å². The van der Waals surface area contributed by atoms with E-state index in [0.29, 0.717) is 11.5 Å². The number of thiazole rings is 1. The molecular weight excluding hydrogens is 200 g/mol. The van der Waals surface area contributed by atoms with E-state index in [2.05, 4.69) is 0 Å². The molecule has 0 saturated carbocycles. The summed E-state index contributed by atoms with van der Waals surface area (Å²) in [7, 11) is 0. The zero-order chi connectivity index (χ0) is 10.3. The van der Waals surface area contributed by atoms with E-state index in [-0.39, 0.29) is 17.0 Å². The van der Waals surface area contributed by atoms with E-state index in [1.54, 1.807) is 17.7 Å². The molecule has 0 aliphatic heterocycles. The third-order valence-corrected chi connectivity index (χ3v) is 3.13. The minimum absolute atomic E-state index is 0.181. The molecule has 0 bridgehead atoms. The molecule has 0 fully saturated rings. The number of hydrogen-bond acceptors (Lipinski definition) is 3. The molecule has 0 amide bonds. The molecule has 2 aromatic rings. The third kappa shape index (κ3) is 1.05. The lowest BCUT2D eigenvalue weighted by molar-refractivity contribution is -0.712. The first-order valence-corrected chi connectivity index (χ1v) is 5.24. The van der Waals surface area contributed by atoms with Crippen LogP contribution < -0.4 is 15.2 Å². The number of rotatable bonds is 1. The Morgan fingerprint density at radius 2 is 2.36 bits per heavy atom. The van der Waals surface area contributed by atoms with Gasteiger partial charge in [-0.1, -0.05) is 11.3 Å². The predicted octanol–water partition coefficient (Wildman–Crippen LogP) is 0.0504. The number of hydrogen-bond donors (Lipinski definition) is 0. The highest BCUT2D eigenvalue weighted by Gasteiger charge is 2.15. The summed E-state index contributed by atoms with van der Waals surface area (Å²) in [6.45, 7) is 4.05. The van der Waals surface area contributed by atoms with Crippen molar-refractivity contribution < 1.29 is 9.67 Å². The molecule has 4 nitrogen and oxygen atoms in total. The van der Waals surface area contributed by atoms with Gasteiger partial charge in [0.2, 0.25) is 0 Å². The first-order chi connectivity index (χ1) is 6.66. The summed E-state index contributed by atoms with van der Waals surface area (Å²) < 4.78 is 3.13. The Balaban J connectivity index is 3.03. The van der Waals surface area contributed by atoms with E-state index < -0.39 is 0 Å². The fourth-order valence-corrected chi connectivity index (χ4v) is 2.36. The average Bonchev–Trinajstić information content (AvgIpc) is 2.64. The fourth-order valence-electron chi connectivity index (χ4n) is 1.46. The van der Waals surface area contributed by atoms with Crippen molar-refractivity contribution in [3.05, 3.63) is 27.5 Å². The van der Waals surface area contributed by atoms with Crippen molar-refractivity contribution in [1.29, 1.82) is 0 Å². The highest BCUT2D eigenvalue weighted by atomic mass is 32.1. The van der Waals surface area contributed by atoms with Crippen LogP contribution in [-0.4, -0.2) is 4.40 Å². The molecule has 5 heteroatoms. The lowest BCUT2D eigenvalue weighted by Gasteiger charge is -2.10.